The molecule has 46 heavy (non-hydrogen) atoms. The Balaban J connectivity index is 1.19. The lowest BCUT2D eigenvalue weighted by Gasteiger charge is -2.26. The summed E-state index contributed by atoms with van der Waals surface area (Å²) in [5, 5.41) is 3.81. The van der Waals surface area contributed by atoms with Crippen molar-refractivity contribution < 1.29 is 23.3 Å². The Hall–Kier alpha value is -5.00. The number of hydrogen-bond acceptors (Lipinski definition) is 9. The molecule has 1 aliphatic heterocycles. The topological polar surface area (TPSA) is 100.0 Å². The minimum absolute atomic E-state index is 0.00444. The molecule has 1 saturated heterocycles. The molecule has 1 N–H and O–H groups in total. The number of morpholine rings is 1. The highest BCUT2D eigenvalue weighted by Crippen LogP contribution is 2.38. The van der Waals surface area contributed by atoms with Crippen molar-refractivity contribution >= 4 is 22.5 Å². The Morgan fingerprint density at radius 3 is 2.54 bits per heavy atom. The van der Waals surface area contributed by atoms with Crippen LogP contribution in [0.25, 0.3) is 22.0 Å². The van der Waals surface area contributed by atoms with Crippen molar-refractivity contribution in [3.63, 3.8) is 0 Å². The molecule has 0 atom stereocenters. The number of anilines is 2. The molecule has 1 aliphatic rings. The van der Waals surface area contributed by atoms with Crippen molar-refractivity contribution in [2.75, 3.05) is 51.9 Å². The molecule has 0 aliphatic carbocycles. The van der Waals surface area contributed by atoms with Crippen LogP contribution in [0.3, 0.4) is 0 Å². The van der Waals surface area contributed by atoms with Crippen molar-refractivity contribution in [2.45, 2.75) is 19.9 Å². The summed E-state index contributed by atoms with van der Waals surface area (Å²) in [6.45, 7) is 7.11. The van der Waals surface area contributed by atoms with Crippen molar-refractivity contribution in [3.05, 3.63) is 95.3 Å². The van der Waals surface area contributed by atoms with Gasteiger partial charge in [-0.1, -0.05) is 24.3 Å². The third-order valence-corrected chi connectivity index (χ3v) is 7.82. The molecule has 11 heteroatoms. The van der Waals surface area contributed by atoms with Gasteiger partial charge in [0.25, 0.3) is 5.56 Å². The first-order chi connectivity index (χ1) is 22.5. The third-order valence-electron chi connectivity index (χ3n) is 7.82. The van der Waals surface area contributed by atoms with Crippen molar-refractivity contribution in [2.24, 2.45) is 0 Å². The van der Waals surface area contributed by atoms with E-state index in [1.54, 1.807) is 37.6 Å². The Bertz CT molecular complexity index is 1860. The molecule has 0 bridgehead atoms. The molecular weight excluding hydrogens is 589 g/mol. The molecule has 6 rings (SSSR count). The van der Waals surface area contributed by atoms with Crippen LogP contribution in [-0.4, -0.2) is 66.0 Å². The first-order valence-corrected chi connectivity index (χ1v) is 15.3. The summed E-state index contributed by atoms with van der Waals surface area (Å²) < 4.78 is 40.1. The van der Waals surface area contributed by atoms with E-state index in [9.17, 15) is 4.79 Å². The molecule has 0 spiro atoms. The molecular formula is C35H36FN5O5. The van der Waals surface area contributed by atoms with Crippen molar-refractivity contribution in [1.29, 1.82) is 0 Å². The normalized spacial score (nSPS) is 13.5. The van der Waals surface area contributed by atoms with Crippen LogP contribution in [0.4, 0.5) is 16.0 Å². The van der Waals surface area contributed by atoms with Gasteiger partial charge >= 0.3 is 0 Å². The number of ether oxygens (including phenoxy) is 4. The third kappa shape index (κ3) is 6.95. The first-order valence-electron chi connectivity index (χ1n) is 15.3. The van der Waals surface area contributed by atoms with Crippen LogP contribution < -0.4 is 25.1 Å². The van der Waals surface area contributed by atoms with E-state index in [1.165, 1.54) is 22.9 Å². The van der Waals surface area contributed by atoms with E-state index in [4.69, 9.17) is 18.9 Å². The van der Waals surface area contributed by atoms with Crippen molar-refractivity contribution in [3.8, 4) is 34.1 Å². The molecule has 0 saturated carbocycles. The Morgan fingerprint density at radius 2 is 1.78 bits per heavy atom. The second kappa shape index (κ2) is 14.4. The standard InChI is InChI=1S/C35H36FN5O5/c1-3-41-34(42)27(23-38-35(41)39-25-8-5-4-6-9-25)24-10-11-31(28(36)20-24)46-30-12-13-37-29-22-33(32(43-2)21-26(29)30)45-17-7-14-40-15-18-44-19-16-40/h4-6,8-13,20-23H,3,7,14-19H2,1-2H3,(H,38,39). The summed E-state index contributed by atoms with van der Waals surface area (Å²) in [7, 11) is 1.57. The molecule has 3 heterocycles. The van der Waals surface area contributed by atoms with Gasteiger partial charge in [0.15, 0.2) is 23.1 Å². The lowest BCUT2D eigenvalue weighted by Crippen LogP contribution is -2.37. The summed E-state index contributed by atoms with van der Waals surface area (Å²) in [6, 6.07) is 19.2. The molecule has 0 radical (unpaired) electrons. The smallest absolute Gasteiger partial charge is 0.262 e. The highest BCUT2D eigenvalue weighted by Gasteiger charge is 2.17. The molecule has 238 valence electrons. The number of rotatable bonds is 12. The number of para-hydroxylation sites is 1. The van der Waals surface area contributed by atoms with E-state index < -0.39 is 5.82 Å². The SMILES string of the molecule is CCn1c(Nc2ccccc2)ncc(-c2ccc(Oc3ccnc4cc(OCCCN5CCOCC5)c(OC)cc34)c(F)c2)c1=O. The predicted molar refractivity (Wildman–Crippen MR) is 175 cm³/mol. The van der Waals surface area contributed by atoms with Crippen LogP contribution in [0.2, 0.25) is 0 Å². The minimum Gasteiger partial charge on any atom is -0.493 e. The Labute approximate surface area is 266 Å². The summed E-state index contributed by atoms with van der Waals surface area (Å²) in [5.74, 6) is 1.30. The van der Waals surface area contributed by atoms with Gasteiger partial charge in [0.1, 0.15) is 5.75 Å². The number of pyridine rings is 1. The summed E-state index contributed by atoms with van der Waals surface area (Å²) >= 11 is 0. The fourth-order valence-corrected chi connectivity index (χ4v) is 5.39. The molecule has 10 nitrogen and oxygen atoms in total. The molecule has 0 amide bonds. The number of benzene rings is 3. The van der Waals surface area contributed by atoms with Crippen LogP contribution in [0.5, 0.6) is 23.0 Å². The van der Waals surface area contributed by atoms with Crippen LogP contribution >= 0.6 is 0 Å². The van der Waals surface area contributed by atoms with E-state index in [0.29, 0.717) is 52.8 Å². The van der Waals surface area contributed by atoms with Gasteiger partial charge in [-0.3, -0.25) is 19.2 Å². The summed E-state index contributed by atoms with van der Waals surface area (Å²) in [6.07, 6.45) is 3.92. The maximum atomic E-state index is 15.5. The van der Waals surface area contributed by atoms with E-state index in [0.717, 1.165) is 45.0 Å². The largest absolute Gasteiger partial charge is 0.493 e. The number of methoxy groups -OCH3 is 1. The summed E-state index contributed by atoms with van der Waals surface area (Å²) in [5.41, 5.74) is 1.82. The predicted octanol–water partition coefficient (Wildman–Crippen LogP) is 6.26. The average molecular weight is 626 g/mol. The zero-order chi connectivity index (χ0) is 31.9. The number of nitrogens with zero attached hydrogens (tertiary/aromatic N) is 4. The Kier molecular flexibility index (Phi) is 9.70. The summed E-state index contributed by atoms with van der Waals surface area (Å²) in [4.78, 5) is 24.7. The van der Waals surface area contributed by atoms with Gasteiger partial charge in [-0.15, -0.1) is 0 Å². The minimum atomic E-state index is -0.622. The first kappa shape index (κ1) is 31.0. The fraction of sp³-hybridized carbons (Fsp3) is 0.286. The molecule has 3 aromatic carbocycles. The van der Waals surface area contributed by atoms with Gasteiger partial charge in [0.05, 0.1) is 38.0 Å². The Morgan fingerprint density at radius 1 is 0.957 bits per heavy atom. The average Bonchev–Trinajstić information content (AvgIpc) is 3.08. The van der Waals surface area contributed by atoms with E-state index in [-0.39, 0.29) is 16.9 Å². The number of hydrogen-bond donors (Lipinski definition) is 1. The van der Waals surface area contributed by atoms with E-state index >= 15 is 4.39 Å². The van der Waals surface area contributed by atoms with Gasteiger partial charge < -0.3 is 24.3 Å². The zero-order valence-electron chi connectivity index (χ0n) is 25.9. The molecule has 2 aromatic heterocycles. The second-order valence-corrected chi connectivity index (χ2v) is 10.8. The highest BCUT2D eigenvalue weighted by atomic mass is 19.1. The van der Waals surface area contributed by atoms with Crippen LogP contribution in [0, 0.1) is 5.82 Å². The molecule has 5 aromatic rings. The molecule has 0 unspecified atom stereocenters. The maximum Gasteiger partial charge on any atom is 0.262 e. The lowest BCUT2D eigenvalue weighted by atomic mass is 10.1. The number of nitrogens with one attached hydrogen (secondary N) is 1. The van der Waals surface area contributed by atoms with Gasteiger partial charge in [-0.25, -0.2) is 9.37 Å². The lowest BCUT2D eigenvalue weighted by molar-refractivity contribution is 0.0357. The van der Waals surface area contributed by atoms with E-state index in [2.05, 4.69) is 20.2 Å². The quantitative estimate of drug-likeness (QED) is 0.161. The monoisotopic (exact) mass is 625 g/mol. The van der Waals surface area contributed by atoms with Gasteiger partial charge in [-0.05, 0) is 55.3 Å². The zero-order valence-corrected chi connectivity index (χ0v) is 25.9. The second-order valence-electron chi connectivity index (χ2n) is 10.8. The van der Waals surface area contributed by atoms with Crippen LogP contribution in [0.1, 0.15) is 13.3 Å². The number of fused-ring (bicyclic) bond motifs is 1. The fourth-order valence-electron chi connectivity index (χ4n) is 5.39. The maximum absolute atomic E-state index is 15.5. The van der Waals surface area contributed by atoms with Crippen molar-refractivity contribution in [1.82, 2.24) is 19.4 Å². The highest BCUT2D eigenvalue weighted by molar-refractivity contribution is 5.88. The van der Waals surface area contributed by atoms with Gasteiger partial charge in [0.2, 0.25) is 5.95 Å². The number of aromatic nitrogens is 3. The molecule has 1 fully saturated rings. The van der Waals surface area contributed by atoms with Gasteiger partial charge in [-0.2, -0.15) is 0 Å². The number of halogens is 1. The van der Waals surface area contributed by atoms with Gasteiger partial charge in [0, 0.05) is 55.7 Å². The van der Waals surface area contributed by atoms with Crippen LogP contribution in [-0.2, 0) is 11.3 Å². The van der Waals surface area contributed by atoms with E-state index in [1.807, 2.05) is 37.3 Å². The van der Waals surface area contributed by atoms with Crippen LogP contribution in [0.15, 0.2) is 83.9 Å².